The van der Waals surface area contributed by atoms with Gasteiger partial charge in [0.05, 0.1) is 5.69 Å². The Morgan fingerprint density at radius 3 is 2.91 bits per heavy atom. The van der Waals surface area contributed by atoms with Crippen molar-refractivity contribution in [2.75, 3.05) is 0 Å². The number of carbonyl (C=O) groups is 1. The van der Waals surface area contributed by atoms with Crippen LogP contribution in [-0.2, 0) is 12.8 Å². The number of hydrogen-bond donors (Lipinski definition) is 1. The quantitative estimate of drug-likeness (QED) is 0.701. The SMILES string of the molecule is CC(=O)c1nc2c3c(ncn2c1O)-c1ccccc1CCC3. The Morgan fingerprint density at radius 2 is 2.09 bits per heavy atom. The van der Waals surface area contributed by atoms with E-state index < -0.39 is 0 Å². The molecule has 110 valence electrons. The molecule has 1 aliphatic rings. The third-order valence-corrected chi connectivity index (χ3v) is 4.22. The van der Waals surface area contributed by atoms with E-state index in [1.54, 1.807) is 6.33 Å². The van der Waals surface area contributed by atoms with Gasteiger partial charge in [-0.15, -0.1) is 0 Å². The number of aromatic nitrogens is 3. The van der Waals surface area contributed by atoms with Gasteiger partial charge < -0.3 is 5.11 Å². The summed E-state index contributed by atoms with van der Waals surface area (Å²) in [6.07, 6.45) is 4.36. The summed E-state index contributed by atoms with van der Waals surface area (Å²) in [7, 11) is 0. The number of fused-ring (bicyclic) bond motifs is 5. The molecule has 5 nitrogen and oxygen atoms in total. The van der Waals surface area contributed by atoms with Crippen LogP contribution in [-0.4, -0.2) is 25.3 Å². The molecule has 0 atom stereocenters. The molecular weight excluding hydrogens is 278 g/mol. The number of Topliss-reactive ketones (excluding diaryl/α,β-unsaturated/α-hetero) is 1. The first-order chi connectivity index (χ1) is 10.7. The highest BCUT2D eigenvalue weighted by molar-refractivity contribution is 5.95. The molecule has 3 aromatic rings. The first kappa shape index (κ1) is 13.0. The topological polar surface area (TPSA) is 67.5 Å². The fourth-order valence-electron chi connectivity index (χ4n) is 3.17. The lowest BCUT2D eigenvalue weighted by Gasteiger charge is -2.09. The predicted molar refractivity (Wildman–Crippen MR) is 82.1 cm³/mol. The molecule has 0 spiro atoms. The number of carbonyl (C=O) groups excluding carboxylic acids is 1. The van der Waals surface area contributed by atoms with Gasteiger partial charge in [0.15, 0.2) is 11.5 Å². The lowest BCUT2D eigenvalue weighted by molar-refractivity contribution is 0.101. The van der Waals surface area contributed by atoms with Gasteiger partial charge in [-0.3, -0.25) is 9.20 Å². The van der Waals surface area contributed by atoms with E-state index in [4.69, 9.17) is 0 Å². The van der Waals surface area contributed by atoms with Gasteiger partial charge in [-0.05, 0) is 24.8 Å². The van der Waals surface area contributed by atoms with Crippen LogP contribution in [0.3, 0.4) is 0 Å². The molecule has 4 rings (SSSR count). The molecule has 0 bridgehead atoms. The summed E-state index contributed by atoms with van der Waals surface area (Å²) in [5, 5.41) is 10.2. The molecule has 0 radical (unpaired) electrons. The number of benzene rings is 1. The van der Waals surface area contributed by atoms with Gasteiger partial charge in [-0.1, -0.05) is 24.3 Å². The monoisotopic (exact) mass is 293 g/mol. The Kier molecular flexibility index (Phi) is 2.76. The van der Waals surface area contributed by atoms with Crippen LogP contribution in [0, 0.1) is 0 Å². The minimum Gasteiger partial charge on any atom is -0.493 e. The largest absolute Gasteiger partial charge is 0.493 e. The van der Waals surface area contributed by atoms with Crippen molar-refractivity contribution in [3.8, 4) is 17.1 Å². The summed E-state index contributed by atoms with van der Waals surface area (Å²) >= 11 is 0. The second kappa shape index (κ2) is 4.66. The molecule has 5 heteroatoms. The molecule has 2 aromatic heterocycles. The Bertz CT molecular complexity index is 912. The standard InChI is InChI=1S/C17H15N3O2/c1-10(21)14-17(22)20-9-18-15-12-7-3-2-5-11(12)6-4-8-13(15)16(20)19-14/h2-3,5,7,9,22H,4,6,8H2,1H3. The number of imidazole rings is 1. The predicted octanol–water partition coefficient (Wildman–Crippen LogP) is 2.79. The highest BCUT2D eigenvalue weighted by Gasteiger charge is 2.23. The van der Waals surface area contributed by atoms with E-state index in [9.17, 15) is 9.90 Å². The van der Waals surface area contributed by atoms with Crippen LogP contribution in [0.15, 0.2) is 30.6 Å². The van der Waals surface area contributed by atoms with E-state index in [0.717, 1.165) is 36.1 Å². The second-order valence-corrected chi connectivity index (χ2v) is 5.62. The minimum absolute atomic E-state index is 0.104. The molecular formula is C17H15N3O2. The van der Waals surface area contributed by atoms with Crippen molar-refractivity contribution < 1.29 is 9.90 Å². The smallest absolute Gasteiger partial charge is 0.228 e. The molecule has 22 heavy (non-hydrogen) atoms. The van der Waals surface area contributed by atoms with Crippen molar-refractivity contribution >= 4 is 11.4 Å². The van der Waals surface area contributed by atoms with Gasteiger partial charge in [0.1, 0.15) is 12.0 Å². The molecule has 1 N–H and O–H groups in total. The van der Waals surface area contributed by atoms with Crippen molar-refractivity contribution in [1.29, 1.82) is 0 Å². The third-order valence-electron chi connectivity index (χ3n) is 4.22. The van der Waals surface area contributed by atoms with E-state index in [1.807, 2.05) is 12.1 Å². The lowest BCUT2D eigenvalue weighted by atomic mass is 10.0. The summed E-state index contributed by atoms with van der Waals surface area (Å²) in [6.45, 7) is 1.41. The maximum atomic E-state index is 11.6. The number of hydrogen-bond acceptors (Lipinski definition) is 4. The van der Waals surface area contributed by atoms with Crippen LogP contribution in [0.2, 0.25) is 0 Å². The van der Waals surface area contributed by atoms with Crippen molar-refractivity contribution in [2.45, 2.75) is 26.2 Å². The molecule has 2 heterocycles. The first-order valence-corrected chi connectivity index (χ1v) is 7.35. The second-order valence-electron chi connectivity index (χ2n) is 5.62. The average Bonchev–Trinajstić information content (AvgIpc) is 2.75. The number of rotatable bonds is 1. The van der Waals surface area contributed by atoms with Crippen LogP contribution in [0.5, 0.6) is 5.88 Å². The normalized spacial score (nSPS) is 13.5. The Hall–Kier alpha value is -2.69. The number of nitrogens with zero attached hydrogens (tertiary/aromatic N) is 3. The van der Waals surface area contributed by atoms with E-state index in [2.05, 4.69) is 22.1 Å². The maximum Gasteiger partial charge on any atom is 0.228 e. The molecule has 0 aliphatic heterocycles. The Morgan fingerprint density at radius 1 is 1.27 bits per heavy atom. The van der Waals surface area contributed by atoms with Crippen LogP contribution >= 0.6 is 0 Å². The fourth-order valence-corrected chi connectivity index (χ4v) is 3.17. The van der Waals surface area contributed by atoms with Crippen LogP contribution in [0.1, 0.15) is 35.0 Å². The summed E-state index contributed by atoms with van der Waals surface area (Å²) in [5.41, 5.74) is 5.03. The molecule has 0 amide bonds. The highest BCUT2D eigenvalue weighted by Crippen LogP contribution is 2.34. The zero-order valence-electron chi connectivity index (χ0n) is 12.2. The van der Waals surface area contributed by atoms with Crippen LogP contribution < -0.4 is 0 Å². The highest BCUT2D eigenvalue weighted by atomic mass is 16.3. The van der Waals surface area contributed by atoms with Gasteiger partial charge >= 0.3 is 0 Å². The Balaban J connectivity index is 2.06. The zero-order chi connectivity index (χ0) is 15.3. The fraction of sp³-hybridized carbons (Fsp3) is 0.235. The summed E-state index contributed by atoms with van der Waals surface area (Å²) in [6, 6.07) is 8.24. The average molecular weight is 293 g/mol. The lowest BCUT2D eigenvalue weighted by Crippen LogP contribution is -1.98. The van der Waals surface area contributed by atoms with Crippen molar-refractivity contribution in [3.63, 3.8) is 0 Å². The minimum atomic E-state index is -0.246. The van der Waals surface area contributed by atoms with E-state index in [0.29, 0.717) is 5.65 Å². The molecule has 1 aromatic carbocycles. The van der Waals surface area contributed by atoms with Crippen molar-refractivity contribution in [1.82, 2.24) is 14.4 Å². The summed E-state index contributed by atoms with van der Waals surface area (Å²) in [5.74, 6) is -0.376. The van der Waals surface area contributed by atoms with Gasteiger partial charge in [-0.2, -0.15) is 0 Å². The van der Waals surface area contributed by atoms with Crippen LogP contribution in [0.25, 0.3) is 16.9 Å². The Labute approximate surface area is 127 Å². The molecule has 0 saturated carbocycles. The van der Waals surface area contributed by atoms with Gasteiger partial charge in [0.2, 0.25) is 5.88 Å². The van der Waals surface area contributed by atoms with Crippen molar-refractivity contribution in [3.05, 3.63) is 47.4 Å². The molecule has 0 saturated heterocycles. The van der Waals surface area contributed by atoms with E-state index >= 15 is 0 Å². The zero-order valence-corrected chi connectivity index (χ0v) is 12.2. The van der Waals surface area contributed by atoms with Gasteiger partial charge in [0.25, 0.3) is 0 Å². The van der Waals surface area contributed by atoms with Crippen molar-refractivity contribution in [2.24, 2.45) is 0 Å². The first-order valence-electron chi connectivity index (χ1n) is 7.35. The molecule has 1 aliphatic carbocycles. The molecule has 0 unspecified atom stereocenters. The summed E-state index contributed by atoms with van der Waals surface area (Å²) in [4.78, 5) is 20.5. The summed E-state index contributed by atoms with van der Waals surface area (Å²) < 4.78 is 1.50. The maximum absolute atomic E-state index is 11.6. The van der Waals surface area contributed by atoms with Gasteiger partial charge in [0, 0.05) is 18.1 Å². The number of aromatic hydroxyl groups is 1. The van der Waals surface area contributed by atoms with Crippen LogP contribution in [0.4, 0.5) is 0 Å². The number of aryl methyl sites for hydroxylation is 2. The molecule has 0 fully saturated rings. The van der Waals surface area contributed by atoms with E-state index in [-0.39, 0.29) is 17.4 Å². The third kappa shape index (κ3) is 1.75. The van der Waals surface area contributed by atoms with Gasteiger partial charge in [-0.25, -0.2) is 9.97 Å². The number of ketones is 1. The van der Waals surface area contributed by atoms with E-state index in [1.165, 1.54) is 16.9 Å².